The van der Waals surface area contributed by atoms with E-state index in [0.29, 0.717) is 29.2 Å². The van der Waals surface area contributed by atoms with Crippen LogP contribution in [0.1, 0.15) is 109 Å². The number of benzene rings is 1. The van der Waals surface area contributed by atoms with Crippen LogP contribution in [0.15, 0.2) is 28.1 Å². The molecule has 0 saturated heterocycles. The van der Waals surface area contributed by atoms with Crippen LogP contribution in [0.25, 0.3) is 0 Å². The number of halogens is 2. The van der Waals surface area contributed by atoms with Crippen molar-refractivity contribution in [2.75, 3.05) is 13.2 Å². The molecule has 0 amide bonds. The highest BCUT2D eigenvalue weighted by atomic mass is 35.5. The van der Waals surface area contributed by atoms with Crippen molar-refractivity contribution in [2.24, 2.45) is 7.05 Å². The fourth-order valence-electron chi connectivity index (χ4n) is 5.04. The summed E-state index contributed by atoms with van der Waals surface area (Å²) < 4.78 is 15.1. The third-order valence-electron chi connectivity index (χ3n) is 6.97. The molecule has 3 rings (SSSR count). The van der Waals surface area contributed by atoms with Gasteiger partial charge in [-0.25, -0.2) is 4.98 Å². The molecule has 1 saturated carbocycles. The quantitative estimate of drug-likeness (QED) is 0.289. The molecule has 1 aliphatic rings. The van der Waals surface area contributed by atoms with Crippen LogP contribution in [0, 0.1) is 0 Å². The Kier molecular flexibility index (Phi) is 12.4. The van der Waals surface area contributed by atoms with Gasteiger partial charge in [0.05, 0.1) is 12.3 Å². The zero-order valence-electron chi connectivity index (χ0n) is 22.6. The molecule has 0 radical (unpaired) electrons. The predicted octanol–water partition coefficient (Wildman–Crippen LogP) is 9.60. The number of hydrogen-bond donors (Lipinski definition) is 0. The van der Waals surface area contributed by atoms with E-state index in [2.05, 4.69) is 32.4 Å². The van der Waals surface area contributed by atoms with Gasteiger partial charge in [0, 0.05) is 47.9 Å². The second kappa shape index (κ2) is 15.0. The van der Waals surface area contributed by atoms with Crippen LogP contribution in [-0.2, 0) is 22.9 Å². The summed E-state index contributed by atoms with van der Waals surface area (Å²) in [5.74, 6) is 0.882. The van der Waals surface area contributed by atoms with Crippen LogP contribution in [-0.4, -0.2) is 28.6 Å². The van der Waals surface area contributed by atoms with Crippen molar-refractivity contribution in [2.45, 2.75) is 119 Å². The second-order valence-electron chi connectivity index (χ2n) is 10.3. The maximum absolute atomic E-state index is 6.62. The molecule has 36 heavy (non-hydrogen) atoms. The molecule has 1 heterocycles. The maximum Gasteiger partial charge on any atom is 0.168 e. The van der Waals surface area contributed by atoms with E-state index in [4.69, 9.17) is 37.7 Å². The Balaban J connectivity index is 1.72. The SMILES string of the molecule is CCOC1(OCCc2nc(C(C)C)c(Sc3cc(Cl)cc(Cl)c3)n2C)CCCCCCCCCCC1. The topological polar surface area (TPSA) is 36.3 Å². The molecule has 0 aliphatic heterocycles. The summed E-state index contributed by atoms with van der Waals surface area (Å²) in [5.41, 5.74) is 1.10. The average Bonchev–Trinajstić information content (AvgIpc) is 3.11. The molecule has 7 heteroatoms. The van der Waals surface area contributed by atoms with Gasteiger partial charge in [-0.3, -0.25) is 0 Å². The molecule has 1 aromatic heterocycles. The van der Waals surface area contributed by atoms with Crippen LogP contribution in [0.4, 0.5) is 0 Å². The van der Waals surface area contributed by atoms with Crippen LogP contribution in [0.3, 0.4) is 0 Å². The number of ether oxygens (including phenoxy) is 2. The van der Waals surface area contributed by atoms with Crippen molar-refractivity contribution >= 4 is 35.0 Å². The van der Waals surface area contributed by atoms with Crippen LogP contribution >= 0.6 is 35.0 Å². The third-order valence-corrected chi connectivity index (χ3v) is 8.56. The predicted molar refractivity (Wildman–Crippen MR) is 153 cm³/mol. The van der Waals surface area contributed by atoms with Gasteiger partial charge in [-0.05, 0) is 43.9 Å². The Bertz CT molecular complexity index is 915. The summed E-state index contributed by atoms with van der Waals surface area (Å²) in [4.78, 5) is 6.06. The Morgan fingerprint density at radius 3 is 2.00 bits per heavy atom. The van der Waals surface area contributed by atoms with E-state index in [-0.39, 0.29) is 0 Å². The highest BCUT2D eigenvalue weighted by Crippen LogP contribution is 2.37. The molecule has 0 N–H and O–H groups in total. The fraction of sp³-hybridized carbons (Fsp3) is 0.690. The molecule has 202 valence electrons. The summed E-state index contributed by atoms with van der Waals surface area (Å²) in [6, 6.07) is 5.67. The number of rotatable bonds is 9. The zero-order valence-corrected chi connectivity index (χ0v) is 24.9. The summed E-state index contributed by atoms with van der Waals surface area (Å²) in [6.45, 7) is 7.75. The lowest BCUT2D eigenvalue weighted by molar-refractivity contribution is -0.244. The fourth-order valence-corrected chi connectivity index (χ4v) is 6.92. The van der Waals surface area contributed by atoms with E-state index in [1.165, 1.54) is 57.8 Å². The van der Waals surface area contributed by atoms with Crippen molar-refractivity contribution in [3.8, 4) is 0 Å². The molecule has 4 nitrogen and oxygen atoms in total. The first-order valence-corrected chi connectivity index (χ1v) is 15.4. The van der Waals surface area contributed by atoms with Crippen LogP contribution in [0.5, 0.6) is 0 Å². The van der Waals surface area contributed by atoms with Crippen LogP contribution < -0.4 is 0 Å². The first kappa shape index (κ1) is 29.8. The largest absolute Gasteiger partial charge is 0.350 e. The molecule has 0 unspecified atom stereocenters. The third kappa shape index (κ3) is 8.94. The summed E-state index contributed by atoms with van der Waals surface area (Å²) in [7, 11) is 2.09. The standard InChI is InChI=1S/C29H44Cl2N2O2S/c1-5-34-29(16-13-11-9-7-6-8-10-12-14-17-29)35-18-15-26-32-27(22(2)3)28(33(26)4)36-25-20-23(30)19-24(31)21-25/h19-22H,5-18H2,1-4H3. The lowest BCUT2D eigenvalue weighted by Gasteiger charge is -2.34. The lowest BCUT2D eigenvalue weighted by atomic mass is 9.97. The zero-order chi connectivity index (χ0) is 26.0. The van der Waals surface area contributed by atoms with E-state index < -0.39 is 5.79 Å². The molecule has 1 aliphatic carbocycles. The van der Waals surface area contributed by atoms with Crippen molar-refractivity contribution in [1.29, 1.82) is 0 Å². The molecule has 0 atom stereocenters. The highest BCUT2D eigenvalue weighted by molar-refractivity contribution is 7.99. The van der Waals surface area contributed by atoms with Gasteiger partial charge < -0.3 is 14.0 Å². The maximum atomic E-state index is 6.62. The number of imidazole rings is 1. The Morgan fingerprint density at radius 2 is 1.47 bits per heavy atom. The normalized spacial score (nSPS) is 17.6. The number of nitrogens with zero attached hydrogens (tertiary/aromatic N) is 2. The van der Waals surface area contributed by atoms with Crippen LogP contribution in [0.2, 0.25) is 10.0 Å². The summed E-state index contributed by atoms with van der Waals surface area (Å²) >= 11 is 14.2. The van der Waals surface area contributed by atoms with Gasteiger partial charge in [-0.15, -0.1) is 0 Å². The molecule has 2 aromatic rings. The van der Waals surface area contributed by atoms with Gasteiger partial charge in [0.15, 0.2) is 5.79 Å². The summed E-state index contributed by atoms with van der Waals surface area (Å²) in [6.07, 6.45) is 14.4. The van der Waals surface area contributed by atoms with E-state index in [9.17, 15) is 0 Å². The molecular formula is C29H44Cl2N2O2S. The minimum absolute atomic E-state index is 0.309. The van der Waals surface area contributed by atoms with Gasteiger partial charge in [0.1, 0.15) is 10.9 Å². The van der Waals surface area contributed by atoms with Crippen molar-refractivity contribution in [1.82, 2.24) is 9.55 Å². The lowest BCUT2D eigenvalue weighted by Crippen LogP contribution is -2.37. The first-order chi connectivity index (χ1) is 17.3. The van der Waals surface area contributed by atoms with E-state index in [1.54, 1.807) is 17.8 Å². The monoisotopic (exact) mass is 554 g/mol. The van der Waals surface area contributed by atoms with Gasteiger partial charge in [0.2, 0.25) is 0 Å². The molecular weight excluding hydrogens is 511 g/mol. The van der Waals surface area contributed by atoms with Gasteiger partial charge in [-0.2, -0.15) is 0 Å². The molecule has 0 spiro atoms. The van der Waals surface area contributed by atoms with Crippen molar-refractivity contribution in [3.05, 3.63) is 39.8 Å². The Morgan fingerprint density at radius 1 is 0.917 bits per heavy atom. The highest BCUT2D eigenvalue weighted by Gasteiger charge is 2.31. The minimum atomic E-state index is -0.463. The van der Waals surface area contributed by atoms with Gasteiger partial charge in [0.25, 0.3) is 0 Å². The summed E-state index contributed by atoms with van der Waals surface area (Å²) in [5, 5.41) is 2.42. The van der Waals surface area contributed by atoms with E-state index >= 15 is 0 Å². The van der Waals surface area contributed by atoms with E-state index in [1.807, 2.05) is 12.1 Å². The Hall–Kier alpha value is -0.720. The smallest absolute Gasteiger partial charge is 0.168 e. The van der Waals surface area contributed by atoms with Crippen molar-refractivity contribution < 1.29 is 9.47 Å². The number of hydrogen-bond acceptors (Lipinski definition) is 4. The van der Waals surface area contributed by atoms with Crippen molar-refractivity contribution in [3.63, 3.8) is 0 Å². The van der Waals surface area contributed by atoms with E-state index in [0.717, 1.165) is 40.7 Å². The molecule has 0 bridgehead atoms. The minimum Gasteiger partial charge on any atom is -0.350 e. The molecule has 1 aromatic carbocycles. The van der Waals surface area contributed by atoms with Gasteiger partial charge >= 0.3 is 0 Å². The number of aromatic nitrogens is 2. The molecule has 1 fully saturated rings. The Labute approximate surface area is 232 Å². The van der Waals surface area contributed by atoms with Gasteiger partial charge in [-0.1, -0.05) is 93.8 Å². The second-order valence-corrected chi connectivity index (χ2v) is 12.2. The average molecular weight is 556 g/mol. The first-order valence-electron chi connectivity index (χ1n) is 13.8.